The second-order valence-corrected chi connectivity index (χ2v) is 4.57. The zero-order valence-corrected chi connectivity index (χ0v) is 9.67. The topological polar surface area (TPSA) is 22.0 Å². The number of benzene rings is 1. The summed E-state index contributed by atoms with van der Waals surface area (Å²) in [6.07, 6.45) is 1.84. The predicted octanol–water partition coefficient (Wildman–Crippen LogP) is 2.57. The van der Waals surface area contributed by atoms with Gasteiger partial charge in [0.2, 0.25) is 0 Å². The molecule has 0 bridgehead atoms. The first kappa shape index (κ1) is 10.2. The number of aromatic nitrogens is 1. The Balaban J connectivity index is 2.29. The van der Waals surface area contributed by atoms with Crippen LogP contribution in [-0.2, 0) is 6.54 Å². The molecule has 0 saturated carbocycles. The van der Waals surface area contributed by atoms with Gasteiger partial charge >= 0.3 is 4.87 Å². The molecule has 2 rings (SSSR count). The van der Waals surface area contributed by atoms with Crippen molar-refractivity contribution in [3.8, 4) is 0 Å². The van der Waals surface area contributed by atoms with Crippen LogP contribution in [0, 0.1) is 13.8 Å². The lowest BCUT2D eigenvalue weighted by atomic mass is 10.1. The molecule has 0 N–H and O–H groups in total. The van der Waals surface area contributed by atoms with Crippen molar-refractivity contribution in [1.82, 2.24) is 4.57 Å². The number of hydrogen-bond donors (Lipinski definition) is 0. The van der Waals surface area contributed by atoms with Crippen LogP contribution in [0.1, 0.15) is 16.7 Å². The molecule has 2 nitrogen and oxygen atoms in total. The van der Waals surface area contributed by atoms with Crippen LogP contribution in [-0.4, -0.2) is 4.57 Å². The Kier molecular flexibility index (Phi) is 2.73. The zero-order chi connectivity index (χ0) is 10.8. The van der Waals surface area contributed by atoms with E-state index in [0.29, 0.717) is 6.54 Å². The van der Waals surface area contributed by atoms with Gasteiger partial charge in [0.15, 0.2) is 0 Å². The Bertz CT molecular complexity index is 524. The third-order valence-corrected chi connectivity index (χ3v) is 3.26. The molecule has 0 aliphatic carbocycles. The Morgan fingerprint density at radius 3 is 2.67 bits per heavy atom. The van der Waals surface area contributed by atoms with Crippen molar-refractivity contribution in [2.45, 2.75) is 20.4 Å². The molecule has 0 spiro atoms. The molecule has 0 unspecified atom stereocenters. The summed E-state index contributed by atoms with van der Waals surface area (Å²) in [7, 11) is 0. The highest BCUT2D eigenvalue weighted by Crippen LogP contribution is 2.10. The van der Waals surface area contributed by atoms with Crippen molar-refractivity contribution in [3.63, 3.8) is 0 Å². The second kappa shape index (κ2) is 4.03. The number of thiazole rings is 1. The van der Waals surface area contributed by atoms with Gasteiger partial charge in [-0.15, -0.1) is 0 Å². The molecule has 1 heterocycles. The summed E-state index contributed by atoms with van der Waals surface area (Å²) in [5.41, 5.74) is 3.74. The molecular formula is C12H13NOS. The number of rotatable bonds is 2. The predicted molar refractivity (Wildman–Crippen MR) is 63.6 cm³/mol. The van der Waals surface area contributed by atoms with E-state index >= 15 is 0 Å². The summed E-state index contributed by atoms with van der Waals surface area (Å²) in [6.45, 7) is 4.86. The highest BCUT2D eigenvalue weighted by Gasteiger charge is 2.00. The monoisotopic (exact) mass is 219 g/mol. The zero-order valence-electron chi connectivity index (χ0n) is 8.86. The Hall–Kier alpha value is -1.35. The summed E-state index contributed by atoms with van der Waals surface area (Å²) in [5, 5.41) is 1.82. The molecule has 0 fully saturated rings. The summed E-state index contributed by atoms with van der Waals surface area (Å²) in [4.78, 5) is 11.5. The molecule has 1 aromatic carbocycles. The van der Waals surface area contributed by atoms with E-state index in [9.17, 15) is 4.79 Å². The average molecular weight is 219 g/mol. The Labute approximate surface area is 92.8 Å². The van der Waals surface area contributed by atoms with Crippen molar-refractivity contribution in [2.24, 2.45) is 0 Å². The molecule has 2 aromatic rings. The van der Waals surface area contributed by atoms with E-state index in [1.165, 1.54) is 28.0 Å². The van der Waals surface area contributed by atoms with E-state index < -0.39 is 0 Å². The maximum absolute atomic E-state index is 11.4. The van der Waals surface area contributed by atoms with Gasteiger partial charge in [0, 0.05) is 11.6 Å². The minimum absolute atomic E-state index is 0.105. The summed E-state index contributed by atoms with van der Waals surface area (Å²) < 4.78 is 1.73. The van der Waals surface area contributed by atoms with Gasteiger partial charge in [-0.2, -0.15) is 0 Å². The number of hydrogen-bond acceptors (Lipinski definition) is 2. The summed E-state index contributed by atoms with van der Waals surface area (Å²) in [5.74, 6) is 0. The lowest BCUT2D eigenvalue weighted by Gasteiger charge is -2.05. The Morgan fingerprint density at radius 2 is 2.07 bits per heavy atom. The Morgan fingerprint density at radius 1 is 1.27 bits per heavy atom. The van der Waals surface area contributed by atoms with E-state index in [4.69, 9.17) is 0 Å². The van der Waals surface area contributed by atoms with Crippen molar-refractivity contribution in [2.75, 3.05) is 0 Å². The third kappa shape index (κ3) is 2.18. The largest absolute Gasteiger partial charge is 0.307 e. The molecule has 1 aromatic heterocycles. The van der Waals surface area contributed by atoms with Crippen LogP contribution in [0.4, 0.5) is 0 Å². The van der Waals surface area contributed by atoms with Crippen LogP contribution >= 0.6 is 11.3 Å². The minimum Gasteiger partial charge on any atom is -0.302 e. The average Bonchev–Trinajstić information content (AvgIpc) is 2.59. The van der Waals surface area contributed by atoms with Gasteiger partial charge in [0.25, 0.3) is 0 Å². The van der Waals surface area contributed by atoms with Crippen molar-refractivity contribution in [3.05, 3.63) is 56.1 Å². The molecule has 0 radical (unpaired) electrons. The fraction of sp³-hybridized carbons (Fsp3) is 0.250. The molecule has 15 heavy (non-hydrogen) atoms. The summed E-state index contributed by atoms with van der Waals surface area (Å²) >= 11 is 1.24. The highest BCUT2D eigenvalue weighted by molar-refractivity contribution is 7.07. The van der Waals surface area contributed by atoms with Crippen molar-refractivity contribution >= 4 is 11.3 Å². The third-order valence-electron chi connectivity index (χ3n) is 2.57. The van der Waals surface area contributed by atoms with Gasteiger partial charge in [-0.05, 0) is 30.5 Å². The lowest BCUT2D eigenvalue weighted by molar-refractivity contribution is 0.783. The first-order chi connectivity index (χ1) is 7.16. The number of aryl methyl sites for hydroxylation is 2. The van der Waals surface area contributed by atoms with E-state index in [-0.39, 0.29) is 4.87 Å². The van der Waals surface area contributed by atoms with Crippen LogP contribution in [0.15, 0.2) is 34.6 Å². The van der Waals surface area contributed by atoms with E-state index in [1.807, 2.05) is 11.6 Å². The van der Waals surface area contributed by atoms with Gasteiger partial charge in [0.05, 0.1) is 6.54 Å². The molecule has 0 atom stereocenters. The molecule has 0 aliphatic heterocycles. The fourth-order valence-electron chi connectivity index (χ4n) is 1.51. The minimum atomic E-state index is 0.105. The van der Waals surface area contributed by atoms with Crippen LogP contribution in [0.3, 0.4) is 0 Å². The fourth-order valence-corrected chi connectivity index (χ4v) is 2.09. The number of nitrogens with zero attached hydrogens (tertiary/aromatic N) is 1. The van der Waals surface area contributed by atoms with Gasteiger partial charge in [-0.25, -0.2) is 0 Å². The SMILES string of the molecule is Cc1ccc(Cn2ccsc2=O)cc1C. The van der Waals surface area contributed by atoms with Crippen LogP contribution < -0.4 is 4.87 Å². The van der Waals surface area contributed by atoms with Gasteiger partial charge in [-0.3, -0.25) is 4.79 Å². The van der Waals surface area contributed by atoms with E-state index in [2.05, 4.69) is 32.0 Å². The molecular weight excluding hydrogens is 206 g/mol. The lowest BCUT2D eigenvalue weighted by Crippen LogP contribution is -2.12. The van der Waals surface area contributed by atoms with Crippen LogP contribution in [0.5, 0.6) is 0 Å². The molecule has 78 valence electrons. The first-order valence-electron chi connectivity index (χ1n) is 4.87. The van der Waals surface area contributed by atoms with E-state index in [1.54, 1.807) is 4.57 Å². The van der Waals surface area contributed by atoms with Gasteiger partial charge in [0.1, 0.15) is 0 Å². The van der Waals surface area contributed by atoms with Crippen molar-refractivity contribution < 1.29 is 0 Å². The second-order valence-electron chi connectivity index (χ2n) is 3.72. The normalized spacial score (nSPS) is 10.5. The molecule has 0 amide bonds. The van der Waals surface area contributed by atoms with Crippen molar-refractivity contribution in [1.29, 1.82) is 0 Å². The maximum atomic E-state index is 11.4. The van der Waals surface area contributed by atoms with Crippen LogP contribution in [0.2, 0.25) is 0 Å². The molecule has 0 saturated heterocycles. The molecule has 0 aliphatic rings. The summed E-state index contributed by atoms with van der Waals surface area (Å²) in [6, 6.07) is 6.31. The maximum Gasteiger partial charge on any atom is 0.307 e. The molecule has 3 heteroatoms. The smallest absolute Gasteiger partial charge is 0.302 e. The van der Waals surface area contributed by atoms with Gasteiger partial charge < -0.3 is 4.57 Å². The quantitative estimate of drug-likeness (QED) is 0.761. The highest BCUT2D eigenvalue weighted by atomic mass is 32.1. The van der Waals surface area contributed by atoms with E-state index in [0.717, 1.165) is 0 Å². The first-order valence-corrected chi connectivity index (χ1v) is 5.75. The van der Waals surface area contributed by atoms with Gasteiger partial charge in [-0.1, -0.05) is 29.5 Å². The standard InChI is InChI=1S/C12H13NOS/c1-9-3-4-11(7-10(9)2)8-13-5-6-15-12(13)14/h3-7H,8H2,1-2H3. The van der Waals surface area contributed by atoms with Crippen LogP contribution in [0.25, 0.3) is 0 Å².